The fourth-order valence-electron chi connectivity index (χ4n) is 2.49. The average Bonchev–Trinajstić information content (AvgIpc) is 2.96. The molecule has 0 aliphatic rings. The first kappa shape index (κ1) is 17.7. The van der Waals surface area contributed by atoms with E-state index in [2.05, 4.69) is 24.3 Å². The number of likely N-dealkylation sites (N-methyl/N-ethyl adjacent to an activating group) is 1. The first-order valence-electron chi connectivity index (χ1n) is 8.13. The van der Waals surface area contributed by atoms with Crippen LogP contribution in [0.4, 0.5) is 0 Å². The Balaban J connectivity index is 2.53. The number of rotatable bonds is 9. The van der Waals surface area contributed by atoms with E-state index in [0.29, 0.717) is 12.6 Å². The monoisotopic (exact) mass is 294 g/mol. The van der Waals surface area contributed by atoms with Gasteiger partial charge < -0.3 is 10.2 Å². The minimum atomic E-state index is -0.178. The molecule has 0 aromatic carbocycles. The van der Waals surface area contributed by atoms with E-state index < -0.39 is 0 Å². The molecule has 1 aromatic rings. The summed E-state index contributed by atoms with van der Waals surface area (Å²) in [6.07, 6.45) is 4.20. The van der Waals surface area contributed by atoms with Gasteiger partial charge in [0.05, 0.1) is 17.8 Å². The molecule has 0 spiro atoms. The summed E-state index contributed by atoms with van der Waals surface area (Å²) in [5, 5.41) is 7.87. The predicted octanol–water partition coefficient (Wildman–Crippen LogP) is 2.59. The number of nitrogens with zero attached hydrogens (tertiary/aromatic N) is 3. The van der Waals surface area contributed by atoms with Crippen LogP contribution < -0.4 is 5.32 Å². The van der Waals surface area contributed by atoms with Crippen molar-refractivity contribution in [2.24, 2.45) is 0 Å². The van der Waals surface area contributed by atoms with Crippen molar-refractivity contribution in [1.82, 2.24) is 20.0 Å². The van der Waals surface area contributed by atoms with Crippen LogP contribution in [0.15, 0.2) is 12.3 Å². The molecule has 1 amide bonds. The third kappa shape index (κ3) is 4.84. The lowest BCUT2D eigenvalue weighted by molar-refractivity contribution is -0.132. The molecular formula is C16H30N4O. The van der Waals surface area contributed by atoms with Crippen LogP contribution in [0.5, 0.6) is 0 Å². The molecule has 0 aliphatic carbocycles. The van der Waals surface area contributed by atoms with Gasteiger partial charge in [-0.15, -0.1) is 0 Å². The number of carbonyl (C=O) groups is 1. The maximum Gasteiger partial charge on any atom is 0.239 e. The van der Waals surface area contributed by atoms with Crippen LogP contribution in [0.3, 0.4) is 0 Å². The predicted molar refractivity (Wildman–Crippen MR) is 86.1 cm³/mol. The number of hydrogen-bond acceptors (Lipinski definition) is 3. The van der Waals surface area contributed by atoms with Crippen molar-refractivity contribution in [3.63, 3.8) is 0 Å². The fraction of sp³-hybridized carbons (Fsp3) is 0.750. The topological polar surface area (TPSA) is 50.2 Å². The van der Waals surface area contributed by atoms with Crippen LogP contribution in [0.25, 0.3) is 0 Å². The van der Waals surface area contributed by atoms with E-state index in [9.17, 15) is 4.79 Å². The first-order valence-corrected chi connectivity index (χ1v) is 8.13. The molecule has 21 heavy (non-hydrogen) atoms. The lowest BCUT2D eigenvalue weighted by Crippen LogP contribution is -2.44. The Morgan fingerprint density at radius 3 is 2.43 bits per heavy atom. The summed E-state index contributed by atoms with van der Waals surface area (Å²) in [7, 11) is 0. The first-order chi connectivity index (χ1) is 10.1. The molecule has 5 nitrogen and oxygen atoms in total. The van der Waals surface area contributed by atoms with Gasteiger partial charge in [-0.2, -0.15) is 5.10 Å². The molecule has 0 fully saturated rings. The van der Waals surface area contributed by atoms with E-state index >= 15 is 0 Å². The molecule has 1 rings (SSSR count). The Hall–Kier alpha value is -1.36. The highest BCUT2D eigenvalue weighted by Crippen LogP contribution is 2.14. The Bertz CT molecular complexity index is 422. The molecule has 0 aliphatic heterocycles. The smallest absolute Gasteiger partial charge is 0.239 e. The molecule has 1 heterocycles. The molecule has 1 unspecified atom stereocenters. The van der Waals surface area contributed by atoms with Crippen molar-refractivity contribution < 1.29 is 4.79 Å². The van der Waals surface area contributed by atoms with Gasteiger partial charge >= 0.3 is 0 Å². The molecular weight excluding hydrogens is 264 g/mol. The largest absolute Gasteiger partial charge is 0.342 e. The van der Waals surface area contributed by atoms with Crippen molar-refractivity contribution in [3.05, 3.63) is 18.0 Å². The molecule has 1 atom stereocenters. The summed E-state index contributed by atoms with van der Waals surface area (Å²) in [5.41, 5.74) is 0.987. The van der Waals surface area contributed by atoms with Gasteiger partial charge in [-0.05, 0) is 39.7 Å². The van der Waals surface area contributed by atoms with Crippen molar-refractivity contribution >= 4 is 5.91 Å². The van der Waals surface area contributed by atoms with E-state index in [-0.39, 0.29) is 11.9 Å². The van der Waals surface area contributed by atoms with Crippen LogP contribution in [0.1, 0.15) is 59.2 Å². The van der Waals surface area contributed by atoms with Crippen molar-refractivity contribution in [1.29, 1.82) is 0 Å². The molecule has 0 saturated heterocycles. The molecule has 0 radical (unpaired) electrons. The maximum absolute atomic E-state index is 12.2. The second-order valence-corrected chi connectivity index (χ2v) is 5.37. The van der Waals surface area contributed by atoms with E-state index in [0.717, 1.165) is 31.6 Å². The minimum absolute atomic E-state index is 0.152. The van der Waals surface area contributed by atoms with Crippen LogP contribution in [-0.2, 0) is 11.3 Å². The third-order valence-corrected chi connectivity index (χ3v) is 4.02. The van der Waals surface area contributed by atoms with Gasteiger partial charge in [0.25, 0.3) is 0 Å². The fourth-order valence-corrected chi connectivity index (χ4v) is 2.49. The van der Waals surface area contributed by atoms with Gasteiger partial charge in [-0.25, -0.2) is 0 Å². The average molecular weight is 294 g/mol. The second-order valence-electron chi connectivity index (χ2n) is 5.37. The zero-order chi connectivity index (χ0) is 15.8. The van der Waals surface area contributed by atoms with Crippen LogP contribution >= 0.6 is 0 Å². The van der Waals surface area contributed by atoms with Crippen LogP contribution in [0.2, 0.25) is 0 Å². The van der Waals surface area contributed by atoms with Gasteiger partial charge in [0.15, 0.2) is 0 Å². The quantitative estimate of drug-likeness (QED) is 0.761. The number of carbonyl (C=O) groups excluding carboxylic acids is 1. The number of hydrogen-bond donors (Lipinski definition) is 1. The molecule has 1 aromatic heterocycles. The molecule has 0 bridgehead atoms. The molecule has 0 saturated carbocycles. The zero-order valence-electron chi connectivity index (χ0n) is 14.1. The van der Waals surface area contributed by atoms with Crippen molar-refractivity contribution in [3.8, 4) is 0 Å². The number of nitrogens with one attached hydrogen (secondary N) is 1. The van der Waals surface area contributed by atoms with Crippen LogP contribution in [-0.4, -0.2) is 39.7 Å². The third-order valence-electron chi connectivity index (χ3n) is 4.02. The second kappa shape index (κ2) is 8.82. The lowest BCUT2D eigenvalue weighted by Gasteiger charge is -2.23. The summed E-state index contributed by atoms with van der Waals surface area (Å²) in [5.74, 6) is 0.152. The summed E-state index contributed by atoms with van der Waals surface area (Å²) in [6, 6.07) is 2.32. The van der Waals surface area contributed by atoms with E-state index in [1.807, 2.05) is 42.6 Å². The molecule has 120 valence electrons. The Labute approximate surface area is 128 Å². The Morgan fingerprint density at radius 1 is 1.29 bits per heavy atom. The molecule has 1 N–H and O–H groups in total. The number of aromatic nitrogens is 2. The van der Waals surface area contributed by atoms with E-state index in [4.69, 9.17) is 0 Å². The summed E-state index contributed by atoms with van der Waals surface area (Å²) in [6.45, 7) is 12.4. The van der Waals surface area contributed by atoms with Crippen molar-refractivity contribution in [2.75, 3.05) is 13.1 Å². The van der Waals surface area contributed by atoms with Gasteiger partial charge in [0.1, 0.15) is 0 Å². The SMILES string of the molecule is CCC(CC)n1ccc(CNC(C)C(=O)N(CC)CC)n1. The lowest BCUT2D eigenvalue weighted by atomic mass is 10.2. The van der Waals surface area contributed by atoms with Gasteiger partial charge in [0.2, 0.25) is 5.91 Å². The van der Waals surface area contributed by atoms with Gasteiger partial charge in [-0.3, -0.25) is 9.48 Å². The van der Waals surface area contributed by atoms with E-state index in [1.54, 1.807) is 0 Å². The summed E-state index contributed by atoms with van der Waals surface area (Å²) in [4.78, 5) is 14.0. The standard InChI is InChI=1S/C16H30N4O/c1-6-15(7-2)20-11-10-14(18-20)12-17-13(5)16(21)19(8-3)9-4/h10-11,13,15,17H,6-9,12H2,1-5H3. The van der Waals surface area contributed by atoms with Crippen LogP contribution in [0, 0.1) is 0 Å². The zero-order valence-corrected chi connectivity index (χ0v) is 14.1. The minimum Gasteiger partial charge on any atom is -0.342 e. The highest BCUT2D eigenvalue weighted by Gasteiger charge is 2.17. The van der Waals surface area contributed by atoms with E-state index in [1.165, 1.54) is 0 Å². The molecule has 5 heteroatoms. The Morgan fingerprint density at radius 2 is 1.90 bits per heavy atom. The Kier molecular flexibility index (Phi) is 7.43. The highest BCUT2D eigenvalue weighted by molar-refractivity contribution is 5.81. The highest BCUT2D eigenvalue weighted by atomic mass is 16.2. The normalized spacial score (nSPS) is 12.7. The number of amides is 1. The van der Waals surface area contributed by atoms with Gasteiger partial charge in [0, 0.05) is 25.8 Å². The summed E-state index contributed by atoms with van der Waals surface area (Å²) >= 11 is 0. The van der Waals surface area contributed by atoms with Gasteiger partial charge in [-0.1, -0.05) is 13.8 Å². The van der Waals surface area contributed by atoms with Crippen molar-refractivity contribution in [2.45, 2.75) is 66.1 Å². The summed E-state index contributed by atoms with van der Waals surface area (Å²) < 4.78 is 2.04. The maximum atomic E-state index is 12.2.